The molecule has 0 fully saturated rings. The number of aryl methyl sites for hydroxylation is 2. The number of ether oxygens (including phenoxy) is 1. The number of benzene rings is 2. The SMILES string of the molecule is COc1cc([N+](=O)[O-])ccc1NC(=O)[C@H](C)Nc1cc(C)cc(C)c1. The summed E-state index contributed by atoms with van der Waals surface area (Å²) < 4.78 is 5.13. The lowest BCUT2D eigenvalue weighted by Crippen LogP contribution is -2.32. The van der Waals surface area contributed by atoms with E-state index in [1.807, 2.05) is 26.0 Å². The van der Waals surface area contributed by atoms with Gasteiger partial charge in [0.25, 0.3) is 5.69 Å². The van der Waals surface area contributed by atoms with Crippen LogP contribution in [-0.2, 0) is 4.79 Å². The van der Waals surface area contributed by atoms with Crippen molar-refractivity contribution >= 4 is 23.0 Å². The molecule has 2 aromatic rings. The van der Waals surface area contributed by atoms with Gasteiger partial charge in [-0.25, -0.2) is 0 Å². The Morgan fingerprint density at radius 2 is 1.80 bits per heavy atom. The molecule has 0 aliphatic carbocycles. The normalized spacial score (nSPS) is 11.5. The fraction of sp³-hybridized carbons (Fsp3) is 0.278. The first-order valence-corrected chi connectivity index (χ1v) is 7.78. The van der Waals surface area contributed by atoms with E-state index in [9.17, 15) is 14.9 Å². The van der Waals surface area contributed by atoms with Crippen LogP contribution in [0.5, 0.6) is 5.75 Å². The van der Waals surface area contributed by atoms with Gasteiger partial charge in [-0.05, 0) is 50.1 Å². The first kappa shape index (κ1) is 18.3. The van der Waals surface area contributed by atoms with Gasteiger partial charge in [0.2, 0.25) is 5.91 Å². The number of amides is 1. The Labute approximate surface area is 146 Å². The number of nitro groups is 1. The molecule has 0 unspecified atom stereocenters. The molecular weight excluding hydrogens is 322 g/mol. The number of methoxy groups -OCH3 is 1. The molecule has 2 N–H and O–H groups in total. The average Bonchev–Trinajstić information content (AvgIpc) is 2.53. The van der Waals surface area contributed by atoms with Crippen LogP contribution in [0, 0.1) is 24.0 Å². The molecule has 0 aromatic heterocycles. The zero-order chi connectivity index (χ0) is 18.6. The molecule has 0 saturated heterocycles. The van der Waals surface area contributed by atoms with Gasteiger partial charge in [-0.2, -0.15) is 0 Å². The number of carbonyl (C=O) groups is 1. The molecule has 0 saturated carbocycles. The Morgan fingerprint density at radius 3 is 2.36 bits per heavy atom. The van der Waals surface area contributed by atoms with Crippen LogP contribution in [0.15, 0.2) is 36.4 Å². The van der Waals surface area contributed by atoms with E-state index in [-0.39, 0.29) is 17.3 Å². The van der Waals surface area contributed by atoms with Crippen LogP contribution in [0.4, 0.5) is 17.1 Å². The molecule has 7 heteroatoms. The van der Waals surface area contributed by atoms with Crippen LogP contribution in [0.1, 0.15) is 18.1 Å². The number of nitro benzene ring substituents is 1. The predicted octanol–water partition coefficient (Wildman–Crippen LogP) is 3.66. The second-order valence-corrected chi connectivity index (χ2v) is 5.87. The fourth-order valence-electron chi connectivity index (χ4n) is 2.51. The van der Waals surface area contributed by atoms with Crippen LogP contribution in [-0.4, -0.2) is 24.0 Å². The van der Waals surface area contributed by atoms with Crippen LogP contribution in [0.25, 0.3) is 0 Å². The highest BCUT2D eigenvalue weighted by molar-refractivity contribution is 5.97. The molecule has 0 spiro atoms. The van der Waals surface area contributed by atoms with Crippen molar-refractivity contribution in [2.75, 3.05) is 17.7 Å². The first-order chi connectivity index (χ1) is 11.8. The summed E-state index contributed by atoms with van der Waals surface area (Å²) in [6, 6.07) is 9.53. The van der Waals surface area contributed by atoms with Crippen LogP contribution in [0.3, 0.4) is 0 Å². The lowest BCUT2D eigenvalue weighted by Gasteiger charge is -2.17. The van der Waals surface area contributed by atoms with E-state index in [0.29, 0.717) is 5.69 Å². The quantitative estimate of drug-likeness (QED) is 0.617. The maximum Gasteiger partial charge on any atom is 0.273 e. The topological polar surface area (TPSA) is 93.5 Å². The second kappa shape index (κ2) is 7.65. The third kappa shape index (κ3) is 4.69. The summed E-state index contributed by atoms with van der Waals surface area (Å²) in [5, 5.41) is 16.7. The summed E-state index contributed by atoms with van der Waals surface area (Å²) >= 11 is 0. The zero-order valence-electron chi connectivity index (χ0n) is 14.6. The van der Waals surface area contributed by atoms with Gasteiger partial charge in [0.1, 0.15) is 11.8 Å². The molecule has 25 heavy (non-hydrogen) atoms. The highest BCUT2D eigenvalue weighted by Gasteiger charge is 2.17. The molecule has 132 valence electrons. The Bertz CT molecular complexity index is 785. The Hall–Kier alpha value is -3.09. The number of hydrogen-bond acceptors (Lipinski definition) is 5. The molecule has 2 aromatic carbocycles. The van der Waals surface area contributed by atoms with E-state index in [1.54, 1.807) is 6.92 Å². The van der Waals surface area contributed by atoms with E-state index in [2.05, 4.69) is 16.7 Å². The number of non-ortho nitro benzene ring substituents is 1. The third-order valence-electron chi connectivity index (χ3n) is 3.65. The van der Waals surface area contributed by atoms with Crippen molar-refractivity contribution < 1.29 is 14.5 Å². The Kier molecular flexibility index (Phi) is 5.59. The zero-order valence-corrected chi connectivity index (χ0v) is 14.6. The molecule has 0 radical (unpaired) electrons. The minimum absolute atomic E-state index is 0.101. The highest BCUT2D eigenvalue weighted by Crippen LogP contribution is 2.29. The summed E-state index contributed by atoms with van der Waals surface area (Å²) in [4.78, 5) is 22.7. The van der Waals surface area contributed by atoms with Crippen molar-refractivity contribution in [3.8, 4) is 5.75 Å². The summed E-state index contributed by atoms with van der Waals surface area (Å²) in [6.07, 6.45) is 0. The molecule has 2 rings (SSSR count). The van der Waals surface area contributed by atoms with E-state index in [0.717, 1.165) is 16.8 Å². The molecule has 7 nitrogen and oxygen atoms in total. The number of rotatable bonds is 6. The largest absolute Gasteiger partial charge is 0.494 e. The van der Waals surface area contributed by atoms with Crippen LogP contribution >= 0.6 is 0 Å². The molecule has 0 bridgehead atoms. The van der Waals surface area contributed by atoms with E-state index in [1.165, 1.54) is 25.3 Å². The van der Waals surface area contributed by atoms with Crippen molar-refractivity contribution in [3.63, 3.8) is 0 Å². The van der Waals surface area contributed by atoms with Crippen LogP contribution < -0.4 is 15.4 Å². The standard InChI is InChI=1S/C18H21N3O4/c1-11-7-12(2)9-14(8-11)19-13(3)18(22)20-16-6-5-15(21(23)24)10-17(16)25-4/h5-10,13,19H,1-4H3,(H,20,22)/t13-/m0/s1. The number of carbonyl (C=O) groups excluding carboxylic acids is 1. The van der Waals surface area contributed by atoms with Gasteiger partial charge in [0.05, 0.1) is 23.8 Å². The number of anilines is 2. The molecule has 0 aliphatic rings. The third-order valence-corrected chi connectivity index (χ3v) is 3.65. The minimum atomic E-state index is -0.516. The lowest BCUT2D eigenvalue weighted by atomic mass is 10.1. The maximum absolute atomic E-state index is 12.4. The predicted molar refractivity (Wildman–Crippen MR) is 97.3 cm³/mol. The average molecular weight is 343 g/mol. The van der Waals surface area contributed by atoms with Gasteiger partial charge < -0.3 is 15.4 Å². The number of nitrogens with one attached hydrogen (secondary N) is 2. The smallest absolute Gasteiger partial charge is 0.273 e. The minimum Gasteiger partial charge on any atom is -0.494 e. The Morgan fingerprint density at radius 1 is 1.16 bits per heavy atom. The second-order valence-electron chi connectivity index (χ2n) is 5.87. The fourth-order valence-corrected chi connectivity index (χ4v) is 2.51. The maximum atomic E-state index is 12.4. The molecule has 0 aliphatic heterocycles. The van der Waals surface area contributed by atoms with E-state index >= 15 is 0 Å². The van der Waals surface area contributed by atoms with Crippen molar-refractivity contribution in [1.82, 2.24) is 0 Å². The molecular formula is C18H21N3O4. The van der Waals surface area contributed by atoms with Crippen molar-refractivity contribution in [2.24, 2.45) is 0 Å². The highest BCUT2D eigenvalue weighted by atomic mass is 16.6. The van der Waals surface area contributed by atoms with Gasteiger partial charge in [0.15, 0.2) is 0 Å². The monoisotopic (exact) mass is 343 g/mol. The summed E-state index contributed by atoms with van der Waals surface area (Å²) in [5.74, 6) is -0.0348. The molecule has 0 heterocycles. The summed E-state index contributed by atoms with van der Waals surface area (Å²) in [7, 11) is 1.39. The van der Waals surface area contributed by atoms with Gasteiger partial charge >= 0.3 is 0 Å². The van der Waals surface area contributed by atoms with Crippen LogP contribution in [0.2, 0.25) is 0 Å². The first-order valence-electron chi connectivity index (χ1n) is 7.78. The number of hydrogen-bond donors (Lipinski definition) is 2. The Balaban J connectivity index is 2.11. The summed E-state index contributed by atoms with van der Waals surface area (Å²) in [6.45, 7) is 5.72. The van der Waals surface area contributed by atoms with Gasteiger partial charge in [-0.1, -0.05) is 6.07 Å². The van der Waals surface area contributed by atoms with E-state index in [4.69, 9.17) is 4.74 Å². The molecule has 1 atom stereocenters. The van der Waals surface area contributed by atoms with E-state index < -0.39 is 11.0 Å². The van der Waals surface area contributed by atoms with Gasteiger partial charge in [-0.15, -0.1) is 0 Å². The number of nitrogens with zero attached hydrogens (tertiary/aromatic N) is 1. The molecule has 1 amide bonds. The van der Waals surface area contributed by atoms with Crippen molar-refractivity contribution in [3.05, 3.63) is 57.6 Å². The lowest BCUT2D eigenvalue weighted by molar-refractivity contribution is -0.384. The van der Waals surface area contributed by atoms with Gasteiger partial charge in [0, 0.05) is 11.8 Å². The van der Waals surface area contributed by atoms with Gasteiger partial charge in [-0.3, -0.25) is 14.9 Å². The van der Waals surface area contributed by atoms with Crippen molar-refractivity contribution in [1.29, 1.82) is 0 Å². The van der Waals surface area contributed by atoms with Crippen molar-refractivity contribution in [2.45, 2.75) is 26.8 Å². The summed E-state index contributed by atoms with van der Waals surface area (Å²) in [5.41, 5.74) is 3.35.